The van der Waals surface area contributed by atoms with Crippen LogP contribution in [0.3, 0.4) is 0 Å². The Labute approximate surface area is 226 Å². The predicted molar refractivity (Wildman–Crippen MR) is 145 cm³/mol. The fourth-order valence-electron chi connectivity index (χ4n) is 4.91. The molecule has 1 atom stereocenters. The minimum absolute atomic E-state index is 0.116. The molecule has 1 unspecified atom stereocenters. The molecule has 1 aliphatic heterocycles. The number of amides is 1. The van der Waals surface area contributed by atoms with Crippen molar-refractivity contribution >= 4 is 21.5 Å². The number of nitrogens with one attached hydrogen (secondary N) is 1. The highest BCUT2D eigenvalue weighted by molar-refractivity contribution is 7.91. The van der Waals surface area contributed by atoms with Crippen LogP contribution >= 0.6 is 0 Å². The first-order valence-electron chi connectivity index (χ1n) is 12.8. The summed E-state index contributed by atoms with van der Waals surface area (Å²) in [6, 6.07) is 13.5. The zero-order valence-electron chi connectivity index (χ0n) is 21.6. The van der Waals surface area contributed by atoms with Gasteiger partial charge in [0.2, 0.25) is 0 Å². The first kappa shape index (κ1) is 28.4. The van der Waals surface area contributed by atoms with E-state index in [1.165, 1.54) is 12.1 Å². The van der Waals surface area contributed by atoms with Gasteiger partial charge in [0.1, 0.15) is 21.5 Å². The Kier molecular flexibility index (Phi) is 9.06. The zero-order valence-corrected chi connectivity index (χ0v) is 22.4. The van der Waals surface area contributed by atoms with Crippen molar-refractivity contribution in [3.63, 3.8) is 0 Å². The third kappa shape index (κ3) is 7.47. The number of aryl methyl sites for hydroxylation is 1. The second-order valence-corrected chi connectivity index (χ2v) is 12.2. The van der Waals surface area contributed by atoms with E-state index >= 15 is 0 Å². The maximum atomic E-state index is 14.9. The summed E-state index contributed by atoms with van der Waals surface area (Å²) in [7, 11) is -2.92. The lowest BCUT2D eigenvalue weighted by Crippen LogP contribution is -2.29. The normalized spacial score (nSPS) is 16.5. The predicted octanol–water partition coefficient (Wildman–Crippen LogP) is 5.01. The highest BCUT2D eigenvalue weighted by Crippen LogP contribution is 2.32. The Morgan fingerprint density at radius 3 is 2.44 bits per heavy atom. The third-order valence-corrected chi connectivity index (χ3v) is 8.89. The standard InChI is InChI=1S/C29H31F2N3O4S/c1-19-16-23(9-13-32-19)28(34-36)18-26(25-7-6-24(30)17-27(25)31)21-2-4-22(5-3-21)29(35)33-12-8-20-10-14-39(37,38)15-11-20/h2-7,9,13,16-17,20,26,36H,8,10-12,14-15,18H2,1H3,(H,33,35)/b34-28+. The number of sulfone groups is 1. The lowest BCUT2D eigenvalue weighted by Gasteiger charge is -2.22. The molecule has 206 valence electrons. The molecule has 4 rings (SSSR count). The van der Waals surface area contributed by atoms with Crippen LogP contribution in [0.4, 0.5) is 8.78 Å². The molecule has 1 saturated heterocycles. The number of oxime groups is 1. The van der Waals surface area contributed by atoms with E-state index in [4.69, 9.17) is 0 Å². The Morgan fingerprint density at radius 1 is 1.08 bits per heavy atom. The van der Waals surface area contributed by atoms with Crippen molar-refractivity contribution in [1.29, 1.82) is 0 Å². The number of hydrogen-bond acceptors (Lipinski definition) is 6. The first-order valence-corrected chi connectivity index (χ1v) is 14.6. The topological polar surface area (TPSA) is 109 Å². The van der Waals surface area contributed by atoms with E-state index in [1.807, 2.05) is 0 Å². The van der Waals surface area contributed by atoms with Crippen molar-refractivity contribution in [3.8, 4) is 0 Å². The smallest absolute Gasteiger partial charge is 0.251 e. The van der Waals surface area contributed by atoms with Gasteiger partial charge in [-0.1, -0.05) is 23.4 Å². The fraction of sp³-hybridized carbons (Fsp3) is 0.345. The Morgan fingerprint density at radius 2 is 1.79 bits per heavy atom. The van der Waals surface area contributed by atoms with Crippen molar-refractivity contribution in [2.75, 3.05) is 18.1 Å². The van der Waals surface area contributed by atoms with E-state index in [2.05, 4.69) is 15.5 Å². The molecule has 7 nitrogen and oxygen atoms in total. The molecule has 1 amide bonds. The Balaban J connectivity index is 1.49. The lowest BCUT2D eigenvalue weighted by atomic mass is 9.85. The van der Waals surface area contributed by atoms with E-state index in [0.717, 1.165) is 11.8 Å². The SMILES string of the molecule is Cc1cc(/C(CC(c2ccc(C(=O)NCCC3CCS(=O)(=O)CC3)cc2)c2ccc(F)cc2F)=N/O)ccn1. The second kappa shape index (κ2) is 12.5. The number of rotatable bonds is 9. The summed E-state index contributed by atoms with van der Waals surface area (Å²) in [6.45, 7) is 2.25. The molecule has 2 aromatic carbocycles. The van der Waals surface area contributed by atoms with Gasteiger partial charge in [0.05, 0.1) is 17.2 Å². The van der Waals surface area contributed by atoms with Crippen molar-refractivity contribution < 1.29 is 27.2 Å². The molecular weight excluding hydrogens is 524 g/mol. The maximum Gasteiger partial charge on any atom is 0.251 e. The number of carbonyl (C=O) groups excluding carboxylic acids is 1. The molecule has 1 aliphatic rings. The molecule has 0 spiro atoms. The number of aromatic nitrogens is 1. The Bertz CT molecular complexity index is 1450. The monoisotopic (exact) mass is 555 g/mol. The number of hydrogen-bond donors (Lipinski definition) is 2. The van der Waals surface area contributed by atoms with E-state index in [0.29, 0.717) is 48.2 Å². The molecule has 39 heavy (non-hydrogen) atoms. The highest BCUT2D eigenvalue weighted by atomic mass is 32.2. The summed E-state index contributed by atoms with van der Waals surface area (Å²) >= 11 is 0. The van der Waals surface area contributed by atoms with Crippen LogP contribution in [0.25, 0.3) is 0 Å². The number of benzene rings is 2. The molecule has 2 heterocycles. The van der Waals surface area contributed by atoms with Crippen LogP contribution in [-0.4, -0.2) is 48.3 Å². The van der Waals surface area contributed by atoms with E-state index < -0.39 is 27.4 Å². The van der Waals surface area contributed by atoms with Crippen LogP contribution in [-0.2, 0) is 9.84 Å². The molecule has 3 aromatic rings. The Hall–Kier alpha value is -3.66. The summed E-state index contributed by atoms with van der Waals surface area (Å²) in [5.41, 5.74) is 2.98. The van der Waals surface area contributed by atoms with E-state index in [-0.39, 0.29) is 35.3 Å². The largest absolute Gasteiger partial charge is 0.411 e. The van der Waals surface area contributed by atoms with Gasteiger partial charge >= 0.3 is 0 Å². The molecule has 10 heteroatoms. The number of nitrogens with zero attached hydrogens (tertiary/aromatic N) is 2. The average Bonchev–Trinajstić information content (AvgIpc) is 2.91. The molecule has 1 fully saturated rings. The van der Waals surface area contributed by atoms with E-state index in [9.17, 15) is 27.2 Å². The van der Waals surface area contributed by atoms with Gasteiger partial charge in [0.15, 0.2) is 0 Å². The van der Waals surface area contributed by atoms with Gasteiger partial charge in [-0.3, -0.25) is 9.78 Å². The molecule has 2 N–H and O–H groups in total. The molecule has 0 aliphatic carbocycles. The molecule has 0 saturated carbocycles. The summed E-state index contributed by atoms with van der Waals surface area (Å²) in [6.07, 6.45) is 3.65. The second-order valence-electron chi connectivity index (χ2n) is 9.92. The van der Waals surface area contributed by atoms with Crippen molar-refractivity contribution in [1.82, 2.24) is 10.3 Å². The van der Waals surface area contributed by atoms with Gasteiger partial charge < -0.3 is 10.5 Å². The van der Waals surface area contributed by atoms with Crippen molar-refractivity contribution in [3.05, 3.63) is 100 Å². The average molecular weight is 556 g/mol. The first-order chi connectivity index (χ1) is 18.6. The van der Waals surface area contributed by atoms with Gasteiger partial charge in [-0.2, -0.15) is 0 Å². The summed E-state index contributed by atoms with van der Waals surface area (Å²) in [5.74, 6) is -1.63. The van der Waals surface area contributed by atoms with Crippen LogP contribution in [0.5, 0.6) is 0 Å². The summed E-state index contributed by atoms with van der Waals surface area (Å²) < 4.78 is 51.8. The van der Waals surface area contributed by atoms with Crippen LogP contribution < -0.4 is 5.32 Å². The van der Waals surface area contributed by atoms with Crippen LogP contribution in [0.1, 0.15) is 64.3 Å². The highest BCUT2D eigenvalue weighted by Gasteiger charge is 2.24. The minimum atomic E-state index is -2.92. The quantitative estimate of drug-likeness (QED) is 0.219. The number of carbonyl (C=O) groups is 1. The third-order valence-electron chi connectivity index (χ3n) is 7.17. The lowest BCUT2D eigenvalue weighted by molar-refractivity contribution is 0.0951. The summed E-state index contributed by atoms with van der Waals surface area (Å²) in [4.78, 5) is 16.9. The van der Waals surface area contributed by atoms with Gasteiger partial charge in [0, 0.05) is 48.0 Å². The number of halogens is 2. The number of pyridine rings is 1. The van der Waals surface area contributed by atoms with Crippen LogP contribution in [0, 0.1) is 24.5 Å². The van der Waals surface area contributed by atoms with Crippen LogP contribution in [0.15, 0.2) is 65.9 Å². The zero-order chi connectivity index (χ0) is 28.0. The molecule has 1 aromatic heterocycles. The summed E-state index contributed by atoms with van der Waals surface area (Å²) in [5, 5.41) is 16.1. The van der Waals surface area contributed by atoms with E-state index in [1.54, 1.807) is 49.5 Å². The van der Waals surface area contributed by atoms with Gasteiger partial charge in [-0.25, -0.2) is 17.2 Å². The van der Waals surface area contributed by atoms with Gasteiger partial charge in [-0.05, 0) is 73.6 Å². The fourth-order valence-corrected chi connectivity index (χ4v) is 6.50. The van der Waals surface area contributed by atoms with Crippen LogP contribution in [0.2, 0.25) is 0 Å². The van der Waals surface area contributed by atoms with Crippen molar-refractivity contribution in [2.24, 2.45) is 11.1 Å². The molecule has 0 bridgehead atoms. The van der Waals surface area contributed by atoms with Crippen molar-refractivity contribution in [2.45, 2.75) is 38.5 Å². The maximum absolute atomic E-state index is 14.9. The molecular formula is C29H31F2N3O4S. The molecule has 0 radical (unpaired) electrons. The van der Waals surface area contributed by atoms with Gasteiger partial charge in [0.25, 0.3) is 5.91 Å². The minimum Gasteiger partial charge on any atom is -0.411 e. The van der Waals surface area contributed by atoms with Gasteiger partial charge in [-0.15, -0.1) is 0 Å².